The van der Waals surface area contributed by atoms with Crippen molar-refractivity contribution in [2.24, 2.45) is 16.8 Å². The van der Waals surface area contributed by atoms with Gasteiger partial charge in [0.05, 0.1) is 12.5 Å². The van der Waals surface area contributed by atoms with Gasteiger partial charge < -0.3 is 19.9 Å². The van der Waals surface area contributed by atoms with Gasteiger partial charge in [-0.3, -0.25) is 9.79 Å². The Balaban J connectivity index is 0.00000300. The summed E-state index contributed by atoms with van der Waals surface area (Å²) in [5.41, 5.74) is 1.31. The number of aliphatic imine (C=N–C) groups is 1. The number of esters is 1. The highest BCUT2D eigenvalue weighted by atomic mass is 127. The van der Waals surface area contributed by atoms with E-state index in [-0.39, 0.29) is 35.9 Å². The highest BCUT2D eigenvalue weighted by Crippen LogP contribution is 2.24. The molecule has 0 saturated carbocycles. The Hall–Kier alpha value is -1.51. The Morgan fingerprint density at radius 2 is 1.86 bits per heavy atom. The van der Waals surface area contributed by atoms with E-state index in [1.165, 1.54) is 12.1 Å². The van der Waals surface area contributed by atoms with Crippen LogP contribution in [0.5, 0.6) is 0 Å². The zero-order chi connectivity index (χ0) is 19.8. The number of rotatable bonds is 6. The number of nitrogens with one attached hydrogen (secondary N) is 1. The van der Waals surface area contributed by atoms with Crippen LogP contribution >= 0.6 is 24.0 Å². The first-order valence-corrected chi connectivity index (χ1v) is 10.7. The van der Waals surface area contributed by atoms with E-state index in [9.17, 15) is 4.79 Å². The zero-order valence-corrected chi connectivity index (χ0v) is 20.0. The van der Waals surface area contributed by atoms with Crippen LogP contribution in [0.4, 0.5) is 5.69 Å². The van der Waals surface area contributed by atoms with E-state index < -0.39 is 0 Å². The fraction of sp³-hybridized carbons (Fsp3) is 0.636. The quantitative estimate of drug-likeness (QED) is 0.273. The van der Waals surface area contributed by atoms with Crippen LogP contribution in [0.2, 0.25) is 0 Å². The minimum absolute atomic E-state index is 0. The number of hydrogen-bond donors (Lipinski definition) is 1. The van der Waals surface area contributed by atoms with Crippen LogP contribution in [0.25, 0.3) is 0 Å². The number of benzene rings is 1. The second-order valence-corrected chi connectivity index (χ2v) is 7.64. The summed E-state index contributed by atoms with van der Waals surface area (Å²) < 4.78 is 5.18. The maximum Gasteiger partial charge on any atom is 0.309 e. The van der Waals surface area contributed by atoms with Crippen molar-refractivity contribution in [2.75, 3.05) is 50.8 Å². The summed E-state index contributed by atoms with van der Waals surface area (Å²) in [4.78, 5) is 21.6. The number of nitrogens with zero attached hydrogens (tertiary/aromatic N) is 3. The standard InChI is InChI=1S/C22H34N4O2.HI/c1-3-23-22(25-14-11-19(12-15-25)21(27)28-4-2)24-16-18-10-13-26(17-18)20-8-6-5-7-9-20;/h5-9,18-19H,3-4,10-17H2,1-2H3,(H,23,24);1H. The van der Waals surface area contributed by atoms with Crippen molar-refractivity contribution < 1.29 is 9.53 Å². The minimum Gasteiger partial charge on any atom is -0.466 e. The average Bonchev–Trinajstić information content (AvgIpc) is 3.21. The molecule has 2 fully saturated rings. The number of anilines is 1. The van der Waals surface area contributed by atoms with Gasteiger partial charge in [0.25, 0.3) is 0 Å². The molecule has 3 rings (SSSR count). The smallest absolute Gasteiger partial charge is 0.309 e. The minimum atomic E-state index is -0.0453. The summed E-state index contributed by atoms with van der Waals surface area (Å²) in [6.07, 6.45) is 2.87. The van der Waals surface area contributed by atoms with E-state index in [0.29, 0.717) is 12.5 Å². The van der Waals surface area contributed by atoms with Crippen LogP contribution in [-0.2, 0) is 9.53 Å². The molecule has 0 aromatic heterocycles. The predicted octanol–water partition coefficient (Wildman–Crippen LogP) is 3.37. The van der Waals surface area contributed by atoms with Crippen LogP contribution in [-0.4, -0.2) is 62.7 Å². The van der Waals surface area contributed by atoms with Crippen LogP contribution in [0, 0.1) is 11.8 Å². The second kappa shape index (κ2) is 12.2. The Morgan fingerprint density at radius 3 is 2.52 bits per heavy atom. The zero-order valence-electron chi connectivity index (χ0n) is 17.7. The summed E-state index contributed by atoms with van der Waals surface area (Å²) in [6, 6.07) is 10.6. The first-order chi connectivity index (χ1) is 13.7. The van der Waals surface area contributed by atoms with Gasteiger partial charge >= 0.3 is 5.97 Å². The summed E-state index contributed by atoms with van der Waals surface area (Å²) in [5, 5.41) is 3.43. The van der Waals surface area contributed by atoms with Gasteiger partial charge in [0, 0.05) is 45.0 Å². The number of carbonyl (C=O) groups excluding carboxylic acids is 1. The van der Waals surface area contributed by atoms with Gasteiger partial charge in [0.15, 0.2) is 5.96 Å². The Kier molecular flexibility index (Phi) is 10.0. The molecular formula is C22H35IN4O2. The summed E-state index contributed by atoms with van der Waals surface area (Å²) >= 11 is 0. The third-order valence-corrected chi connectivity index (χ3v) is 5.66. The Morgan fingerprint density at radius 1 is 1.14 bits per heavy atom. The molecule has 2 saturated heterocycles. The fourth-order valence-electron chi connectivity index (χ4n) is 4.08. The van der Waals surface area contributed by atoms with E-state index >= 15 is 0 Å². The van der Waals surface area contributed by atoms with Gasteiger partial charge in [-0.25, -0.2) is 0 Å². The number of piperidine rings is 1. The van der Waals surface area contributed by atoms with Crippen LogP contribution in [0.3, 0.4) is 0 Å². The molecule has 0 aliphatic carbocycles. The van der Waals surface area contributed by atoms with Crippen molar-refractivity contribution in [3.05, 3.63) is 30.3 Å². The summed E-state index contributed by atoms with van der Waals surface area (Å²) in [5.74, 6) is 1.57. The molecule has 7 heteroatoms. The van der Waals surface area contributed by atoms with Crippen LogP contribution in [0.15, 0.2) is 35.3 Å². The molecule has 0 bridgehead atoms. The lowest BCUT2D eigenvalue weighted by Gasteiger charge is -2.33. The number of para-hydroxylation sites is 1. The first-order valence-electron chi connectivity index (χ1n) is 10.7. The van der Waals surface area contributed by atoms with Gasteiger partial charge in [-0.2, -0.15) is 0 Å². The lowest BCUT2D eigenvalue weighted by atomic mass is 9.97. The maximum atomic E-state index is 12.0. The molecule has 0 spiro atoms. The van der Waals surface area contributed by atoms with Gasteiger partial charge in [-0.05, 0) is 51.2 Å². The molecule has 1 unspecified atom stereocenters. The summed E-state index contributed by atoms with van der Waals surface area (Å²) in [7, 11) is 0. The van der Waals surface area contributed by atoms with Crippen molar-refractivity contribution in [3.8, 4) is 0 Å². The number of ether oxygens (including phenoxy) is 1. The third kappa shape index (κ3) is 6.76. The van der Waals surface area contributed by atoms with Gasteiger partial charge in [0.2, 0.25) is 0 Å². The number of carbonyl (C=O) groups is 1. The van der Waals surface area contributed by atoms with Crippen molar-refractivity contribution in [3.63, 3.8) is 0 Å². The fourth-order valence-corrected chi connectivity index (χ4v) is 4.08. The lowest BCUT2D eigenvalue weighted by Crippen LogP contribution is -2.47. The molecule has 0 amide bonds. The molecule has 29 heavy (non-hydrogen) atoms. The van der Waals surface area contributed by atoms with Crippen LogP contribution < -0.4 is 10.2 Å². The van der Waals surface area contributed by atoms with E-state index in [4.69, 9.17) is 9.73 Å². The van der Waals surface area contributed by atoms with E-state index in [0.717, 1.165) is 58.1 Å². The summed E-state index contributed by atoms with van der Waals surface area (Å²) in [6.45, 7) is 10.0. The van der Waals surface area contributed by atoms with Gasteiger partial charge in [-0.1, -0.05) is 18.2 Å². The highest BCUT2D eigenvalue weighted by molar-refractivity contribution is 14.0. The molecule has 1 N–H and O–H groups in total. The van der Waals surface area contributed by atoms with Crippen molar-refractivity contribution in [1.29, 1.82) is 0 Å². The predicted molar refractivity (Wildman–Crippen MR) is 129 cm³/mol. The van der Waals surface area contributed by atoms with E-state index in [1.54, 1.807) is 0 Å². The van der Waals surface area contributed by atoms with Crippen molar-refractivity contribution >= 4 is 41.6 Å². The average molecular weight is 514 g/mol. The number of guanidine groups is 1. The normalized spacial score (nSPS) is 20.3. The van der Waals surface area contributed by atoms with Crippen molar-refractivity contribution in [2.45, 2.75) is 33.1 Å². The SMILES string of the molecule is CCNC(=NCC1CCN(c2ccccc2)C1)N1CCC(C(=O)OCC)CC1.I. The number of likely N-dealkylation sites (tertiary alicyclic amines) is 1. The van der Waals surface area contributed by atoms with E-state index in [1.807, 2.05) is 6.92 Å². The van der Waals surface area contributed by atoms with Gasteiger partial charge in [-0.15, -0.1) is 24.0 Å². The molecule has 2 heterocycles. The first kappa shape index (κ1) is 23.8. The molecular weight excluding hydrogens is 479 g/mol. The second-order valence-electron chi connectivity index (χ2n) is 7.64. The molecule has 2 aliphatic heterocycles. The molecule has 2 aliphatic rings. The number of halogens is 1. The molecule has 1 aromatic carbocycles. The molecule has 6 nitrogen and oxygen atoms in total. The topological polar surface area (TPSA) is 57.2 Å². The number of hydrogen-bond acceptors (Lipinski definition) is 4. The van der Waals surface area contributed by atoms with Crippen molar-refractivity contribution in [1.82, 2.24) is 10.2 Å². The Labute approximate surface area is 192 Å². The molecule has 162 valence electrons. The third-order valence-electron chi connectivity index (χ3n) is 5.66. The van der Waals surface area contributed by atoms with E-state index in [2.05, 4.69) is 52.4 Å². The molecule has 1 atom stereocenters. The van der Waals surface area contributed by atoms with Gasteiger partial charge in [0.1, 0.15) is 0 Å². The monoisotopic (exact) mass is 514 g/mol. The molecule has 0 radical (unpaired) electrons. The van der Waals surface area contributed by atoms with Crippen LogP contribution in [0.1, 0.15) is 33.1 Å². The molecule has 1 aromatic rings. The largest absolute Gasteiger partial charge is 0.466 e. The Bertz CT molecular complexity index is 647. The maximum absolute atomic E-state index is 12.0. The highest BCUT2D eigenvalue weighted by Gasteiger charge is 2.28. The lowest BCUT2D eigenvalue weighted by molar-refractivity contribution is -0.149.